The molecule has 1 aromatic rings. The molecule has 0 saturated heterocycles. The van der Waals surface area contributed by atoms with Crippen molar-refractivity contribution in [1.82, 2.24) is 0 Å². The smallest absolute Gasteiger partial charge is 0.308 e. The van der Waals surface area contributed by atoms with Crippen LogP contribution in [-0.4, -0.2) is 24.8 Å². The van der Waals surface area contributed by atoms with Crippen LogP contribution in [-0.2, 0) is 15.1 Å². The summed E-state index contributed by atoms with van der Waals surface area (Å²) in [7, 11) is 1.66. The third-order valence-electron chi connectivity index (χ3n) is 5.72. The number of hydrogen-bond acceptors (Lipinski definition) is 4. The van der Waals surface area contributed by atoms with Crippen molar-refractivity contribution in [2.75, 3.05) is 13.7 Å². The Kier molecular flexibility index (Phi) is 4.37. The van der Waals surface area contributed by atoms with Gasteiger partial charge in [-0.1, -0.05) is 6.07 Å². The number of rotatable bonds is 4. The molecule has 0 spiro atoms. The number of esters is 1. The summed E-state index contributed by atoms with van der Waals surface area (Å²) >= 11 is 0. The molecule has 23 heavy (non-hydrogen) atoms. The number of benzene rings is 1. The zero-order chi connectivity index (χ0) is 16.6. The summed E-state index contributed by atoms with van der Waals surface area (Å²) in [5.41, 5.74) is 1.18. The lowest BCUT2D eigenvalue weighted by atomic mass is 9.67. The first-order valence-corrected chi connectivity index (χ1v) is 8.54. The van der Waals surface area contributed by atoms with E-state index < -0.39 is 5.60 Å². The fourth-order valence-electron chi connectivity index (χ4n) is 4.61. The molecule has 126 valence electrons. The summed E-state index contributed by atoms with van der Waals surface area (Å²) in [5.74, 6) is 0.932. The monoisotopic (exact) mass is 318 g/mol. The molecule has 0 radical (unpaired) electrons. The Morgan fingerprint density at radius 2 is 1.96 bits per heavy atom. The fourth-order valence-corrected chi connectivity index (χ4v) is 4.61. The van der Waals surface area contributed by atoms with Gasteiger partial charge in [0.05, 0.1) is 25.2 Å². The third kappa shape index (κ3) is 2.63. The lowest BCUT2D eigenvalue weighted by Crippen LogP contribution is -2.44. The molecule has 4 heteroatoms. The molecule has 0 aliphatic heterocycles. The number of ether oxygens (including phenoxy) is 2. The average Bonchev–Trinajstić information content (AvgIpc) is 2.73. The molecule has 0 amide bonds. The normalized spacial score (nSPS) is 32.6. The molecule has 2 fully saturated rings. The van der Waals surface area contributed by atoms with E-state index in [2.05, 4.69) is 0 Å². The zero-order valence-corrected chi connectivity index (χ0v) is 14.2. The van der Waals surface area contributed by atoms with Crippen molar-refractivity contribution in [2.24, 2.45) is 17.8 Å². The van der Waals surface area contributed by atoms with Crippen molar-refractivity contribution in [3.63, 3.8) is 0 Å². The van der Waals surface area contributed by atoms with Crippen LogP contribution in [0.1, 0.15) is 43.7 Å². The highest BCUT2D eigenvalue weighted by molar-refractivity contribution is 5.72. The number of hydrogen-bond donors (Lipinski definition) is 1. The molecule has 1 aromatic carbocycles. The Bertz CT molecular complexity index is 581. The highest BCUT2D eigenvalue weighted by atomic mass is 16.5. The second-order valence-corrected chi connectivity index (χ2v) is 6.90. The van der Waals surface area contributed by atoms with Gasteiger partial charge in [-0.15, -0.1) is 0 Å². The summed E-state index contributed by atoms with van der Waals surface area (Å²) in [4.78, 5) is 12.1. The minimum absolute atomic E-state index is 0.0629. The Morgan fingerprint density at radius 1 is 1.30 bits per heavy atom. The number of fused-ring (bicyclic) bond motifs is 2. The van der Waals surface area contributed by atoms with Crippen molar-refractivity contribution in [3.05, 3.63) is 29.3 Å². The predicted molar refractivity (Wildman–Crippen MR) is 87.2 cm³/mol. The predicted octanol–water partition coefficient (Wildman–Crippen LogP) is 3.19. The van der Waals surface area contributed by atoms with Crippen molar-refractivity contribution in [3.8, 4) is 5.75 Å². The van der Waals surface area contributed by atoms with Crippen LogP contribution in [0.2, 0.25) is 0 Å². The van der Waals surface area contributed by atoms with Gasteiger partial charge in [-0.05, 0) is 74.6 Å². The molecule has 0 heterocycles. The van der Waals surface area contributed by atoms with E-state index in [1.54, 1.807) is 7.11 Å². The van der Waals surface area contributed by atoms with Gasteiger partial charge in [0.1, 0.15) is 5.75 Å². The maximum atomic E-state index is 12.1. The number of aliphatic hydroxyl groups is 1. The minimum atomic E-state index is -0.819. The van der Waals surface area contributed by atoms with E-state index in [-0.39, 0.29) is 23.7 Å². The van der Waals surface area contributed by atoms with Crippen LogP contribution in [0, 0.1) is 24.7 Å². The van der Waals surface area contributed by atoms with Gasteiger partial charge >= 0.3 is 5.97 Å². The molecule has 2 saturated carbocycles. The van der Waals surface area contributed by atoms with Gasteiger partial charge in [0.25, 0.3) is 0 Å². The Hall–Kier alpha value is -1.55. The molecule has 3 rings (SSSR count). The Balaban J connectivity index is 1.86. The van der Waals surface area contributed by atoms with Gasteiger partial charge in [0, 0.05) is 0 Å². The van der Waals surface area contributed by atoms with Crippen molar-refractivity contribution in [2.45, 2.75) is 45.1 Å². The largest absolute Gasteiger partial charge is 0.496 e. The molecule has 4 nitrogen and oxygen atoms in total. The van der Waals surface area contributed by atoms with Gasteiger partial charge in [-0.2, -0.15) is 0 Å². The first kappa shape index (κ1) is 16.3. The van der Waals surface area contributed by atoms with Gasteiger partial charge < -0.3 is 14.6 Å². The summed E-state index contributed by atoms with van der Waals surface area (Å²) in [6, 6.07) is 5.94. The van der Waals surface area contributed by atoms with E-state index in [0.717, 1.165) is 42.6 Å². The van der Waals surface area contributed by atoms with Gasteiger partial charge in [-0.25, -0.2) is 0 Å². The zero-order valence-electron chi connectivity index (χ0n) is 14.2. The lowest BCUT2D eigenvalue weighted by molar-refractivity contribution is -0.155. The topological polar surface area (TPSA) is 55.8 Å². The van der Waals surface area contributed by atoms with Crippen LogP contribution >= 0.6 is 0 Å². The highest BCUT2D eigenvalue weighted by Gasteiger charge is 2.55. The molecule has 2 atom stereocenters. The van der Waals surface area contributed by atoms with Gasteiger partial charge in [0.15, 0.2) is 0 Å². The average molecular weight is 318 g/mol. The molecule has 2 aliphatic carbocycles. The number of carbonyl (C=O) groups is 1. The van der Waals surface area contributed by atoms with Gasteiger partial charge in [0.2, 0.25) is 0 Å². The minimum Gasteiger partial charge on any atom is -0.496 e. The number of aryl methyl sites for hydroxylation is 1. The number of methoxy groups -OCH3 is 1. The fraction of sp³-hybridized carbons (Fsp3) is 0.632. The molecule has 2 aliphatic rings. The van der Waals surface area contributed by atoms with Crippen LogP contribution in [0.5, 0.6) is 5.75 Å². The maximum absolute atomic E-state index is 12.1. The van der Waals surface area contributed by atoms with Crippen LogP contribution in [0.3, 0.4) is 0 Å². The standard InChI is InChI=1S/C19H26O4/c1-4-23-18(20)13-10-15-5-6-16(11-13)19(15,21)14-7-8-17(22-3)12(2)9-14/h7-9,13,15-16,21H,4-6,10-11H2,1-3H3. The van der Waals surface area contributed by atoms with E-state index in [4.69, 9.17) is 9.47 Å². The van der Waals surface area contributed by atoms with Crippen molar-refractivity contribution in [1.29, 1.82) is 0 Å². The van der Waals surface area contributed by atoms with Gasteiger partial charge in [-0.3, -0.25) is 4.79 Å². The van der Waals surface area contributed by atoms with E-state index in [1.807, 2.05) is 32.0 Å². The second kappa shape index (κ2) is 6.16. The van der Waals surface area contributed by atoms with E-state index in [1.165, 1.54) is 0 Å². The Labute approximate surface area is 137 Å². The summed E-state index contributed by atoms with van der Waals surface area (Å²) in [6.45, 7) is 4.26. The molecule has 2 bridgehead atoms. The van der Waals surface area contributed by atoms with Crippen LogP contribution in [0.4, 0.5) is 0 Å². The number of carbonyl (C=O) groups excluding carboxylic acids is 1. The second-order valence-electron chi connectivity index (χ2n) is 6.90. The van der Waals surface area contributed by atoms with Crippen molar-refractivity contribution < 1.29 is 19.4 Å². The SMILES string of the molecule is CCOC(=O)C1CC2CCC(C1)C2(O)c1ccc(OC)c(C)c1. The molecule has 0 aromatic heterocycles. The molecule has 2 unspecified atom stereocenters. The summed E-state index contributed by atoms with van der Waals surface area (Å²) < 4.78 is 10.5. The summed E-state index contributed by atoms with van der Waals surface area (Å²) in [5, 5.41) is 11.5. The molecular formula is C19H26O4. The van der Waals surface area contributed by atoms with Crippen LogP contribution < -0.4 is 4.74 Å². The highest BCUT2D eigenvalue weighted by Crippen LogP contribution is 2.57. The first-order valence-electron chi connectivity index (χ1n) is 8.54. The first-order chi connectivity index (χ1) is 11.0. The Morgan fingerprint density at radius 3 is 2.48 bits per heavy atom. The van der Waals surface area contributed by atoms with E-state index >= 15 is 0 Å². The summed E-state index contributed by atoms with van der Waals surface area (Å²) in [6.07, 6.45) is 3.39. The van der Waals surface area contributed by atoms with Crippen LogP contribution in [0.25, 0.3) is 0 Å². The third-order valence-corrected chi connectivity index (χ3v) is 5.72. The van der Waals surface area contributed by atoms with E-state index in [9.17, 15) is 9.90 Å². The quantitative estimate of drug-likeness (QED) is 0.866. The van der Waals surface area contributed by atoms with E-state index in [0.29, 0.717) is 6.61 Å². The van der Waals surface area contributed by atoms with Crippen LogP contribution in [0.15, 0.2) is 18.2 Å². The lowest BCUT2D eigenvalue weighted by Gasteiger charge is -2.42. The van der Waals surface area contributed by atoms with Crippen molar-refractivity contribution >= 4 is 5.97 Å². The molecule has 1 N–H and O–H groups in total. The maximum Gasteiger partial charge on any atom is 0.308 e. The molecular weight excluding hydrogens is 292 g/mol.